The number of methoxy groups -OCH3 is 2. The van der Waals surface area contributed by atoms with Crippen molar-refractivity contribution in [3.05, 3.63) is 71.9 Å². The number of aromatic nitrogens is 3. The van der Waals surface area contributed by atoms with Crippen LogP contribution in [0.3, 0.4) is 0 Å². The number of amides is 1. The van der Waals surface area contributed by atoms with Crippen LogP contribution in [-0.2, 0) is 0 Å². The number of hydrogen-bond acceptors (Lipinski definition) is 6. The van der Waals surface area contributed by atoms with E-state index in [4.69, 9.17) is 9.47 Å². The molecule has 0 aliphatic carbocycles. The molecule has 8 nitrogen and oxygen atoms in total. The molecule has 148 valence electrons. The Morgan fingerprint density at radius 1 is 1.03 bits per heavy atom. The Bertz CT molecular complexity index is 1270. The molecule has 0 aliphatic rings. The van der Waals surface area contributed by atoms with Gasteiger partial charge in [0, 0.05) is 5.39 Å². The Labute approximate surface area is 172 Å². The maximum absolute atomic E-state index is 13.1. The van der Waals surface area contributed by atoms with Gasteiger partial charge in [-0.05, 0) is 30.3 Å². The van der Waals surface area contributed by atoms with Crippen LogP contribution in [-0.4, -0.2) is 34.9 Å². The van der Waals surface area contributed by atoms with Crippen molar-refractivity contribution in [1.82, 2.24) is 14.8 Å². The lowest BCUT2D eigenvalue weighted by atomic mass is 10.1. The van der Waals surface area contributed by atoms with Crippen LogP contribution in [0.25, 0.3) is 16.7 Å². The Morgan fingerprint density at radius 3 is 2.47 bits per heavy atom. The number of benzene rings is 2. The van der Waals surface area contributed by atoms with E-state index >= 15 is 0 Å². The summed E-state index contributed by atoms with van der Waals surface area (Å²) in [7, 11) is 2.94. The molecule has 0 saturated heterocycles. The lowest BCUT2D eigenvalue weighted by molar-refractivity contribution is 0.102. The highest BCUT2D eigenvalue weighted by Gasteiger charge is 2.22. The fourth-order valence-electron chi connectivity index (χ4n) is 3.14. The first-order chi connectivity index (χ1) is 14.7. The van der Waals surface area contributed by atoms with Gasteiger partial charge < -0.3 is 14.8 Å². The minimum atomic E-state index is -0.497. The number of hydrogen-bond donors (Lipinski definition) is 1. The molecule has 30 heavy (non-hydrogen) atoms. The van der Waals surface area contributed by atoms with Crippen LogP contribution in [0.1, 0.15) is 15.9 Å². The van der Waals surface area contributed by atoms with Gasteiger partial charge in [0.05, 0.1) is 25.9 Å². The summed E-state index contributed by atoms with van der Waals surface area (Å²) in [6.07, 6.45) is 1.38. The van der Waals surface area contributed by atoms with Crippen molar-refractivity contribution in [2.24, 2.45) is 0 Å². The molecule has 2 aromatic carbocycles. The van der Waals surface area contributed by atoms with Crippen LogP contribution in [0.4, 0.5) is 5.82 Å². The smallest absolute Gasteiger partial charge is 0.264 e. The predicted molar refractivity (Wildman–Crippen MR) is 111 cm³/mol. The molecular formula is C22H17N5O3. The van der Waals surface area contributed by atoms with Crippen molar-refractivity contribution in [1.29, 1.82) is 5.26 Å². The fourth-order valence-corrected chi connectivity index (χ4v) is 3.14. The van der Waals surface area contributed by atoms with Gasteiger partial charge in [-0.1, -0.05) is 24.3 Å². The molecule has 0 unspecified atom stereocenters. The predicted octanol–water partition coefficient (Wildman–Crippen LogP) is 3.56. The Kier molecular flexibility index (Phi) is 5.01. The van der Waals surface area contributed by atoms with E-state index in [9.17, 15) is 10.1 Å². The van der Waals surface area contributed by atoms with E-state index < -0.39 is 5.91 Å². The van der Waals surface area contributed by atoms with E-state index in [0.717, 1.165) is 10.9 Å². The Morgan fingerprint density at radius 2 is 1.77 bits per heavy atom. The van der Waals surface area contributed by atoms with E-state index in [-0.39, 0.29) is 16.9 Å². The monoisotopic (exact) mass is 399 g/mol. The summed E-state index contributed by atoms with van der Waals surface area (Å²) in [5.74, 6) is 0.875. The van der Waals surface area contributed by atoms with E-state index in [1.54, 1.807) is 24.3 Å². The minimum absolute atomic E-state index is 0.201. The van der Waals surface area contributed by atoms with E-state index in [1.165, 1.54) is 25.1 Å². The lowest BCUT2D eigenvalue weighted by Crippen LogP contribution is -2.18. The summed E-state index contributed by atoms with van der Waals surface area (Å²) in [6.45, 7) is 0. The third-order valence-corrected chi connectivity index (χ3v) is 4.58. The maximum atomic E-state index is 13.1. The quantitative estimate of drug-likeness (QED) is 0.550. The van der Waals surface area contributed by atoms with Gasteiger partial charge in [-0.15, -0.1) is 0 Å². The van der Waals surface area contributed by atoms with E-state index in [0.29, 0.717) is 17.3 Å². The van der Waals surface area contributed by atoms with Crippen LogP contribution in [0, 0.1) is 11.3 Å². The number of nitrogens with zero attached hydrogens (tertiary/aromatic N) is 4. The molecule has 2 aromatic heterocycles. The number of rotatable bonds is 5. The zero-order valence-corrected chi connectivity index (χ0v) is 16.3. The SMILES string of the molecule is COc1cccc(OC)c1C(=O)Nc1c(C#N)cnn1-c1ccc2ccccc2n1. The van der Waals surface area contributed by atoms with Crippen molar-refractivity contribution in [3.63, 3.8) is 0 Å². The standard InChI is InChI=1S/C22H17N5O3/c1-29-17-8-5-9-18(30-2)20(17)22(28)26-21-15(12-23)13-24-27(21)19-11-10-14-6-3-4-7-16(14)25-19/h3-11,13H,1-2H3,(H,26,28). The van der Waals surface area contributed by atoms with Crippen LogP contribution in [0.5, 0.6) is 11.5 Å². The number of anilines is 1. The normalized spacial score (nSPS) is 10.4. The number of fused-ring (bicyclic) bond motifs is 1. The first-order valence-corrected chi connectivity index (χ1v) is 9.03. The van der Waals surface area contributed by atoms with Crippen molar-refractivity contribution in [2.75, 3.05) is 19.5 Å². The van der Waals surface area contributed by atoms with Gasteiger partial charge in [-0.2, -0.15) is 15.0 Å². The molecule has 8 heteroatoms. The van der Waals surface area contributed by atoms with Gasteiger partial charge in [0.1, 0.15) is 28.7 Å². The average Bonchev–Trinajstić information content (AvgIpc) is 3.20. The first kappa shape index (κ1) is 19.0. The topological polar surface area (TPSA) is 102 Å². The Hall–Kier alpha value is -4.38. The second kappa shape index (κ2) is 7.93. The van der Waals surface area contributed by atoms with Crippen molar-refractivity contribution >= 4 is 22.6 Å². The van der Waals surface area contributed by atoms with Crippen LogP contribution < -0.4 is 14.8 Å². The molecule has 1 amide bonds. The van der Waals surface area contributed by atoms with Gasteiger partial charge in [-0.3, -0.25) is 4.79 Å². The molecule has 4 rings (SSSR count). The number of para-hydroxylation sites is 1. The number of nitrogens with one attached hydrogen (secondary N) is 1. The molecular weight excluding hydrogens is 382 g/mol. The largest absolute Gasteiger partial charge is 0.496 e. The van der Waals surface area contributed by atoms with Crippen molar-refractivity contribution in [3.8, 4) is 23.4 Å². The molecule has 0 radical (unpaired) electrons. The zero-order valence-electron chi connectivity index (χ0n) is 16.3. The summed E-state index contributed by atoms with van der Waals surface area (Å²) in [5.41, 5.74) is 1.19. The maximum Gasteiger partial charge on any atom is 0.264 e. The molecule has 0 fully saturated rings. The van der Waals surface area contributed by atoms with Gasteiger partial charge in [0.2, 0.25) is 0 Å². The summed E-state index contributed by atoms with van der Waals surface area (Å²) < 4.78 is 12.0. The Balaban J connectivity index is 1.78. The zero-order chi connectivity index (χ0) is 21.1. The number of carbonyl (C=O) groups excluding carboxylic acids is 1. The number of carbonyl (C=O) groups is 1. The summed E-state index contributed by atoms with van der Waals surface area (Å²) in [4.78, 5) is 17.7. The molecule has 1 N–H and O–H groups in total. The second-order valence-corrected chi connectivity index (χ2v) is 6.28. The highest BCUT2D eigenvalue weighted by atomic mass is 16.5. The second-order valence-electron chi connectivity index (χ2n) is 6.28. The molecule has 4 aromatic rings. The number of ether oxygens (including phenoxy) is 2. The lowest BCUT2D eigenvalue weighted by Gasteiger charge is -2.14. The third kappa shape index (κ3) is 3.29. The molecule has 2 heterocycles. The van der Waals surface area contributed by atoms with Gasteiger partial charge in [0.25, 0.3) is 5.91 Å². The molecule has 0 bridgehead atoms. The summed E-state index contributed by atoms with van der Waals surface area (Å²) >= 11 is 0. The van der Waals surface area contributed by atoms with E-state index in [1.807, 2.05) is 36.4 Å². The van der Waals surface area contributed by atoms with Gasteiger partial charge in [0.15, 0.2) is 11.6 Å². The molecule has 0 aliphatic heterocycles. The van der Waals surface area contributed by atoms with Gasteiger partial charge in [-0.25, -0.2) is 4.98 Å². The van der Waals surface area contributed by atoms with Crippen molar-refractivity contribution < 1.29 is 14.3 Å². The number of pyridine rings is 1. The first-order valence-electron chi connectivity index (χ1n) is 9.03. The number of nitriles is 1. The summed E-state index contributed by atoms with van der Waals surface area (Å²) in [5, 5.41) is 17.5. The molecule has 0 saturated carbocycles. The molecule has 0 atom stereocenters. The highest BCUT2D eigenvalue weighted by Crippen LogP contribution is 2.30. The fraction of sp³-hybridized carbons (Fsp3) is 0.0909. The van der Waals surface area contributed by atoms with Gasteiger partial charge >= 0.3 is 0 Å². The summed E-state index contributed by atoms with van der Waals surface area (Å²) in [6, 6.07) is 18.4. The van der Waals surface area contributed by atoms with Crippen molar-refractivity contribution in [2.45, 2.75) is 0 Å². The average molecular weight is 399 g/mol. The molecule has 0 spiro atoms. The van der Waals surface area contributed by atoms with Crippen LogP contribution in [0.2, 0.25) is 0 Å². The van der Waals surface area contributed by atoms with Crippen LogP contribution >= 0.6 is 0 Å². The highest BCUT2D eigenvalue weighted by molar-refractivity contribution is 6.08. The minimum Gasteiger partial charge on any atom is -0.496 e. The van der Waals surface area contributed by atoms with Crippen LogP contribution in [0.15, 0.2) is 60.8 Å². The van der Waals surface area contributed by atoms with E-state index in [2.05, 4.69) is 15.4 Å². The third-order valence-electron chi connectivity index (χ3n) is 4.58.